The first kappa shape index (κ1) is 13.9. The second-order valence-corrected chi connectivity index (χ2v) is 5.20. The Labute approximate surface area is 117 Å². The zero-order valence-electron chi connectivity index (χ0n) is 10.8. The van der Waals surface area contributed by atoms with Crippen LogP contribution in [-0.2, 0) is 0 Å². The van der Waals surface area contributed by atoms with Gasteiger partial charge in [0.2, 0.25) is 5.95 Å². The van der Waals surface area contributed by atoms with Crippen molar-refractivity contribution < 1.29 is 20.4 Å². The number of rotatable bonds is 1. The minimum atomic E-state index is -1.27. The quantitative estimate of drug-likeness (QED) is 0.289. The molecule has 0 aromatic carbocycles. The predicted molar refractivity (Wildman–Crippen MR) is 70.0 cm³/mol. The summed E-state index contributed by atoms with van der Waals surface area (Å²) >= 11 is 0. The Morgan fingerprint density at radius 1 is 1.38 bits per heavy atom. The van der Waals surface area contributed by atoms with Crippen molar-refractivity contribution in [2.45, 2.75) is 17.8 Å². The fourth-order valence-corrected chi connectivity index (χ4v) is 2.85. The van der Waals surface area contributed by atoms with E-state index in [2.05, 4.69) is 19.9 Å². The Balaban J connectivity index is 0.000000126. The molecule has 2 aliphatic rings. The zero-order valence-corrected chi connectivity index (χ0v) is 10.8. The van der Waals surface area contributed by atoms with Gasteiger partial charge in [0, 0.05) is 18.4 Å². The lowest BCUT2D eigenvalue weighted by Gasteiger charge is -2.34. The summed E-state index contributed by atoms with van der Waals surface area (Å²) in [6, 6.07) is 0. The minimum Gasteiger partial charge on any atom is -0.396 e. The van der Waals surface area contributed by atoms with E-state index in [0.717, 1.165) is 0 Å². The van der Waals surface area contributed by atoms with E-state index in [-0.39, 0.29) is 30.0 Å². The molecule has 21 heavy (non-hydrogen) atoms. The van der Waals surface area contributed by atoms with Gasteiger partial charge in [-0.3, -0.25) is 9.78 Å². The molecule has 2 saturated carbocycles. The highest BCUT2D eigenvalue weighted by Gasteiger charge is 2.81. The van der Waals surface area contributed by atoms with Crippen LogP contribution < -0.4 is 11.3 Å². The topological polar surface area (TPSA) is 181 Å². The van der Waals surface area contributed by atoms with Gasteiger partial charge in [-0.15, -0.1) is 0 Å². The summed E-state index contributed by atoms with van der Waals surface area (Å²) in [5.41, 5.74) is 4.38. The van der Waals surface area contributed by atoms with Gasteiger partial charge in [0.05, 0.1) is 18.5 Å². The molecule has 10 nitrogen and oxygen atoms in total. The summed E-state index contributed by atoms with van der Waals surface area (Å²) in [6.07, 6.45) is -0.357. The van der Waals surface area contributed by atoms with Crippen molar-refractivity contribution in [2.24, 2.45) is 11.8 Å². The fourth-order valence-electron chi connectivity index (χ4n) is 2.85. The third-order valence-corrected chi connectivity index (χ3v) is 4.10. The molecule has 5 atom stereocenters. The molecular weight excluding hydrogens is 282 g/mol. The van der Waals surface area contributed by atoms with Gasteiger partial charge in [0.15, 0.2) is 11.2 Å². The standard InChI is InChI=1S/C6H10O4.C5H5N5O/c7-1-2-3-5(9)6(3,10)4(2)8;6-5-9-3-2(4(11)10-5)7-1-8-3/h2-5,7-10H,1H2;1H,(H4,6,7,8,9,10,11)/t2?,3?,4?,5-,6-;/m0./s1. The first-order valence-corrected chi connectivity index (χ1v) is 6.29. The third-order valence-electron chi connectivity index (χ3n) is 4.10. The number of fused-ring (bicyclic) bond motifs is 2. The number of nitrogen functional groups attached to an aromatic ring is 1. The second-order valence-electron chi connectivity index (χ2n) is 5.20. The number of hydrogen-bond donors (Lipinski definition) is 7. The summed E-state index contributed by atoms with van der Waals surface area (Å²) in [5.74, 6) is -0.526. The molecule has 4 rings (SSSR count). The smallest absolute Gasteiger partial charge is 0.278 e. The molecule has 0 saturated heterocycles. The molecule has 0 bridgehead atoms. The van der Waals surface area contributed by atoms with E-state index >= 15 is 0 Å². The number of nitrogens with two attached hydrogens (primary N) is 1. The number of aromatic amines is 2. The molecule has 2 heterocycles. The lowest BCUT2D eigenvalue weighted by Crippen LogP contribution is -2.50. The molecule has 2 fully saturated rings. The van der Waals surface area contributed by atoms with Crippen LogP contribution >= 0.6 is 0 Å². The van der Waals surface area contributed by atoms with Gasteiger partial charge in [-0.25, -0.2) is 4.98 Å². The van der Waals surface area contributed by atoms with E-state index < -0.39 is 17.8 Å². The van der Waals surface area contributed by atoms with Gasteiger partial charge in [-0.05, 0) is 0 Å². The molecule has 0 spiro atoms. The van der Waals surface area contributed by atoms with Crippen molar-refractivity contribution in [3.8, 4) is 0 Å². The minimum absolute atomic E-state index is 0.0783. The van der Waals surface area contributed by atoms with E-state index in [1.165, 1.54) is 6.33 Å². The Hall–Kier alpha value is -2.01. The molecule has 0 amide bonds. The fraction of sp³-hybridized carbons (Fsp3) is 0.545. The van der Waals surface area contributed by atoms with Crippen molar-refractivity contribution in [1.29, 1.82) is 0 Å². The maximum absolute atomic E-state index is 11.0. The molecule has 10 heteroatoms. The Morgan fingerprint density at radius 2 is 2.10 bits per heavy atom. The van der Waals surface area contributed by atoms with Crippen LogP contribution in [0.5, 0.6) is 0 Å². The lowest BCUT2D eigenvalue weighted by atomic mass is 9.80. The van der Waals surface area contributed by atoms with Crippen LogP contribution in [0, 0.1) is 11.8 Å². The molecular formula is C11H15N5O5. The number of hydrogen-bond acceptors (Lipinski definition) is 8. The average Bonchev–Trinajstić information content (AvgIpc) is 2.81. The number of nitrogens with one attached hydrogen (secondary N) is 2. The van der Waals surface area contributed by atoms with Crippen LogP contribution in [0.25, 0.3) is 11.2 Å². The average molecular weight is 297 g/mol. The predicted octanol–water partition coefficient (Wildman–Crippen LogP) is -3.08. The molecule has 8 N–H and O–H groups in total. The summed E-state index contributed by atoms with van der Waals surface area (Å²) < 4.78 is 0. The number of aliphatic hydroxyl groups excluding tert-OH is 3. The van der Waals surface area contributed by atoms with Crippen LogP contribution in [0.3, 0.4) is 0 Å². The van der Waals surface area contributed by atoms with E-state index in [0.29, 0.717) is 11.2 Å². The molecule has 0 radical (unpaired) electrons. The summed E-state index contributed by atoms with van der Waals surface area (Å²) in [6.45, 7) is -0.162. The van der Waals surface area contributed by atoms with Crippen LogP contribution in [0.2, 0.25) is 0 Å². The van der Waals surface area contributed by atoms with Crippen molar-refractivity contribution in [2.75, 3.05) is 12.3 Å². The van der Waals surface area contributed by atoms with E-state index in [4.69, 9.17) is 21.1 Å². The number of aromatic nitrogens is 4. The van der Waals surface area contributed by atoms with Gasteiger partial charge >= 0.3 is 0 Å². The monoisotopic (exact) mass is 297 g/mol. The van der Waals surface area contributed by atoms with Crippen LogP contribution in [0.1, 0.15) is 0 Å². The van der Waals surface area contributed by atoms with Gasteiger partial charge in [0.1, 0.15) is 5.60 Å². The van der Waals surface area contributed by atoms with Crippen molar-refractivity contribution in [3.05, 3.63) is 16.7 Å². The van der Waals surface area contributed by atoms with Crippen molar-refractivity contribution in [1.82, 2.24) is 19.9 Å². The number of aliphatic hydroxyl groups is 4. The normalized spacial score (nSPS) is 36.4. The van der Waals surface area contributed by atoms with E-state index in [1.807, 2.05) is 0 Å². The zero-order chi connectivity index (χ0) is 15.4. The van der Waals surface area contributed by atoms with Gasteiger partial charge in [-0.2, -0.15) is 4.98 Å². The molecule has 2 aromatic rings. The highest BCUT2D eigenvalue weighted by molar-refractivity contribution is 5.69. The molecule has 2 aromatic heterocycles. The maximum Gasteiger partial charge on any atom is 0.278 e. The van der Waals surface area contributed by atoms with E-state index in [9.17, 15) is 9.90 Å². The third kappa shape index (κ3) is 1.84. The van der Waals surface area contributed by atoms with E-state index in [1.54, 1.807) is 0 Å². The SMILES string of the molecule is Nc1nc2nc[nH]c2c(=O)[nH]1.OCC1C(O)[C@@]2(O)C1[C@@H]2O. The molecule has 2 aliphatic carbocycles. The highest BCUT2D eigenvalue weighted by atomic mass is 16.4. The van der Waals surface area contributed by atoms with Gasteiger partial charge in [-0.1, -0.05) is 0 Å². The maximum atomic E-state index is 11.0. The second kappa shape index (κ2) is 4.49. The molecule has 0 aliphatic heterocycles. The van der Waals surface area contributed by atoms with Crippen LogP contribution in [-0.4, -0.2) is 64.8 Å². The Bertz CT molecular complexity index is 721. The highest BCUT2D eigenvalue weighted by Crippen LogP contribution is 2.62. The summed E-state index contributed by atoms with van der Waals surface area (Å²) in [7, 11) is 0. The number of nitrogens with zero attached hydrogens (tertiary/aromatic N) is 2. The van der Waals surface area contributed by atoms with Gasteiger partial charge in [0.25, 0.3) is 5.56 Å². The Morgan fingerprint density at radius 3 is 2.62 bits per heavy atom. The largest absolute Gasteiger partial charge is 0.396 e. The molecule has 114 valence electrons. The number of anilines is 1. The van der Waals surface area contributed by atoms with Crippen LogP contribution in [0.4, 0.5) is 5.95 Å². The van der Waals surface area contributed by atoms with Crippen molar-refractivity contribution in [3.63, 3.8) is 0 Å². The Kier molecular flexibility index (Phi) is 2.99. The summed E-state index contributed by atoms with van der Waals surface area (Å²) in [5, 5.41) is 35.9. The van der Waals surface area contributed by atoms with Crippen LogP contribution in [0.15, 0.2) is 11.1 Å². The number of imidazole rings is 1. The van der Waals surface area contributed by atoms with Crippen molar-refractivity contribution >= 4 is 17.1 Å². The molecule has 3 unspecified atom stereocenters. The first-order valence-electron chi connectivity index (χ1n) is 6.29. The first-order chi connectivity index (χ1) is 9.91. The summed E-state index contributed by atoms with van der Waals surface area (Å²) in [4.78, 5) is 23.5. The number of H-pyrrole nitrogens is 2. The van der Waals surface area contributed by atoms with Gasteiger partial charge < -0.3 is 31.1 Å². The lowest BCUT2D eigenvalue weighted by molar-refractivity contribution is -0.131.